The summed E-state index contributed by atoms with van der Waals surface area (Å²) >= 11 is 0. The molecule has 8 heteroatoms. The molecule has 2 aliphatic carbocycles. The van der Waals surface area contributed by atoms with Crippen molar-refractivity contribution in [1.29, 1.82) is 0 Å². The van der Waals surface area contributed by atoms with Crippen LogP contribution in [0.3, 0.4) is 0 Å². The van der Waals surface area contributed by atoms with E-state index in [9.17, 15) is 4.79 Å². The second-order valence-electron chi connectivity index (χ2n) is 11.5. The lowest BCUT2D eigenvalue weighted by Gasteiger charge is -2.51. The Balaban J connectivity index is 1.28. The van der Waals surface area contributed by atoms with Gasteiger partial charge in [0, 0.05) is 32.3 Å². The number of rotatable bonds is 16. The maximum atomic E-state index is 13.7. The normalized spacial score (nSPS) is 26.1. The first-order chi connectivity index (χ1) is 18.5. The Kier molecular flexibility index (Phi) is 10.8. The summed E-state index contributed by atoms with van der Waals surface area (Å²) in [5.41, 5.74) is 1.36. The highest BCUT2D eigenvalue weighted by Crippen LogP contribution is 2.49. The van der Waals surface area contributed by atoms with Crippen molar-refractivity contribution in [2.75, 3.05) is 87.1 Å². The van der Waals surface area contributed by atoms with Crippen LogP contribution in [0.4, 0.5) is 4.79 Å². The number of carbonyl (C=O) groups excluding carboxylic acids is 1. The first-order valence-corrected chi connectivity index (χ1v) is 14.5. The largest absolute Gasteiger partial charge is 0.382 e. The van der Waals surface area contributed by atoms with Crippen LogP contribution in [-0.4, -0.2) is 113 Å². The van der Waals surface area contributed by atoms with Crippen molar-refractivity contribution in [2.24, 2.45) is 5.92 Å². The fourth-order valence-corrected chi connectivity index (χ4v) is 6.42. The zero-order valence-corrected chi connectivity index (χ0v) is 23.9. The standard InChI is InChI=1S/C30H49N3O5/c1-31(2)30(27-10-5-4-6-11-27)14-12-29(13-15-30)25-32(28(34)33(29)24-26-8-7-9-26)16-17-36-20-21-38-23-22-37-19-18-35-3/h4-6,10-11,26H,7-9,12-25H2,1-3H3. The van der Waals surface area contributed by atoms with E-state index in [-0.39, 0.29) is 17.1 Å². The zero-order valence-electron chi connectivity index (χ0n) is 23.9. The Labute approximate surface area is 229 Å². The van der Waals surface area contributed by atoms with Crippen molar-refractivity contribution in [3.05, 3.63) is 35.9 Å². The van der Waals surface area contributed by atoms with Gasteiger partial charge in [0.25, 0.3) is 0 Å². The monoisotopic (exact) mass is 531 g/mol. The number of hydrogen-bond donors (Lipinski definition) is 0. The molecule has 2 saturated carbocycles. The fraction of sp³-hybridized carbons (Fsp3) is 0.767. The van der Waals surface area contributed by atoms with Gasteiger partial charge in [-0.05, 0) is 64.1 Å². The van der Waals surface area contributed by atoms with E-state index in [1.165, 1.54) is 24.8 Å². The lowest BCUT2D eigenvalue weighted by molar-refractivity contribution is 0.00169. The van der Waals surface area contributed by atoms with Gasteiger partial charge in [-0.3, -0.25) is 4.90 Å². The molecule has 1 spiro atoms. The molecule has 1 saturated heterocycles. The summed E-state index contributed by atoms with van der Waals surface area (Å²) in [6.07, 6.45) is 8.02. The summed E-state index contributed by atoms with van der Waals surface area (Å²) < 4.78 is 21.7. The molecule has 214 valence electrons. The second kappa shape index (κ2) is 14.1. The number of methoxy groups -OCH3 is 1. The van der Waals surface area contributed by atoms with Crippen molar-refractivity contribution >= 4 is 6.03 Å². The minimum atomic E-state index is -0.0626. The van der Waals surface area contributed by atoms with Gasteiger partial charge in [0.15, 0.2) is 0 Å². The van der Waals surface area contributed by atoms with E-state index >= 15 is 0 Å². The van der Waals surface area contributed by atoms with Gasteiger partial charge in [-0.15, -0.1) is 0 Å². The molecule has 1 aliphatic heterocycles. The Morgan fingerprint density at radius 1 is 0.868 bits per heavy atom. The molecule has 1 aromatic carbocycles. The highest BCUT2D eigenvalue weighted by atomic mass is 16.6. The number of ether oxygens (including phenoxy) is 4. The molecule has 2 amide bonds. The molecule has 0 unspecified atom stereocenters. The van der Waals surface area contributed by atoms with E-state index in [2.05, 4.69) is 54.2 Å². The SMILES string of the molecule is COCCOCCOCCOCCN1CC2(CCC(c3ccccc3)(N(C)C)CC2)N(CC2CCC2)C1=O. The molecule has 4 rings (SSSR count). The zero-order chi connectivity index (χ0) is 26.8. The molecule has 3 fully saturated rings. The predicted octanol–water partition coefficient (Wildman–Crippen LogP) is 3.99. The van der Waals surface area contributed by atoms with Crippen molar-refractivity contribution in [3.63, 3.8) is 0 Å². The van der Waals surface area contributed by atoms with Crippen molar-refractivity contribution in [3.8, 4) is 0 Å². The predicted molar refractivity (Wildman–Crippen MR) is 148 cm³/mol. The third-order valence-corrected chi connectivity index (χ3v) is 9.08. The molecular formula is C30H49N3O5. The highest BCUT2D eigenvalue weighted by molar-refractivity contribution is 5.78. The maximum Gasteiger partial charge on any atom is 0.320 e. The van der Waals surface area contributed by atoms with Gasteiger partial charge in [0.05, 0.1) is 51.8 Å². The van der Waals surface area contributed by atoms with Gasteiger partial charge in [0.2, 0.25) is 0 Å². The van der Waals surface area contributed by atoms with Gasteiger partial charge >= 0.3 is 6.03 Å². The second-order valence-corrected chi connectivity index (χ2v) is 11.5. The van der Waals surface area contributed by atoms with Crippen LogP contribution in [0.25, 0.3) is 0 Å². The van der Waals surface area contributed by atoms with Crippen LogP contribution in [0.2, 0.25) is 0 Å². The number of urea groups is 1. The average molecular weight is 532 g/mol. The van der Waals surface area contributed by atoms with Gasteiger partial charge in [-0.25, -0.2) is 4.79 Å². The van der Waals surface area contributed by atoms with E-state index in [0.717, 1.165) is 38.8 Å². The van der Waals surface area contributed by atoms with Crippen LogP contribution in [0.5, 0.6) is 0 Å². The topological polar surface area (TPSA) is 63.7 Å². The molecule has 0 radical (unpaired) electrons. The molecule has 0 aromatic heterocycles. The quantitative estimate of drug-likeness (QED) is 0.301. The van der Waals surface area contributed by atoms with Crippen molar-refractivity contribution < 1.29 is 23.7 Å². The summed E-state index contributed by atoms with van der Waals surface area (Å²) in [5, 5.41) is 0. The van der Waals surface area contributed by atoms with Gasteiger partial charge < -0.3 is 28.7 Å². The lowest BCUT2D eigenvalue weighted by Crippen LogP contribution is -2.56. The Morgan fingerprint density at radius 2 is 1.47 bits per heavy atom. The first-order valence-electron chi connectivity index (χ1n) is 14.5. The fourth-order valence-electron chi connectivity index (χ4n) is 6.42. The number of carbonyl (C=O) groups is 1. The summed E-state index contributed by atoms with van der Waals surface area (Å²) in [6, 6.07) is 11.1. The number of benzene rings is 1. The van der Waals surface area contributed by atoms with E-state index in [1.807, 2.05) is 4.90 Å². The highest BCUT2D eigenvalue weighted by Gasteiger charge is 2.54. The van der Waals surface area contributed by atoms with Crippen LogP contribution < -0.4 is 0 Å². The maximum absolute atomic E-state index is 13.7. The Morgan fingerprint density at radius 3 is 2.03 bits per heavy atom. The summed E-state index contributed by atoms with van der Waals surface area (Å²) in [7, 11) is 6.08. The van der Waals surface area contributed by atoms with Crippen molar-refractivity contribution in [2.45, 2.75) is 56.0 Å². The van der Waals surface area contributed by atoms with Gasteiger partial charge in [0.1, 0.15) is 0 Å². The molecule has 0 bridgehead atoms. The lowest BCUT2D eigenvalue weighted by atomic mass is 9.68. The summed E-state index contributed by atoms with van der Waals surface area (Å²) in [4.78, 5) is 20.4. The number of hydrogen-bond acceptors (Lipinski definition) is 6. The molecule has 8 nitrogen and oxygen atoms in total. The minimum absolute atomic E-state index is 0.0308. The molecule has 1 heterocycles. The molecular weight excluding hydrogens is 482 g/mol. The van der Waals surface area contributed by atoms with E-state index in [4.69, 9.17) is 18.9 Å². The molecule has 38 heavy (non-hydrogen) atoms. The van der Waals surface area contributed by atoms with Crippen LogP contribution in [0, 0.1) is 5.92 Å². The summed E-state index contributed by atoms with van der Waals surface area (Å²) in [6.45, 7) is 6.26. The van der Waals surface area contributed by atoms with Crippen LogP contribution in [0.15, 0.2) is 30.3 Å². The van der Waals surface area contributed by atoms with E-state index < -0.39 is 0 Å². The van der Waals surface area contributed by atoms with Crippen LogP contribution in [0.1, 0.15) is 50.5 Å². The third kappa shape index (κ3) is 6.89. The molecule has 3 aliphatic rings. The average Bonchev–Trinajstić information content (AvgIpc) is 3.15. The minimum Gasteiger partial charge on any atom is -0.382 e. The Bertz CT molecular complexity index is 840. The Hall–Kier alpha value is -1.71. The van der Waals surface area contributed by atoms with Crippen LogP contribution >= 0.6 is 0 Å². The smallest absolute Gasteiger partial charge is 0.320 e. The van der Waals surface area contributed by atoms with Crippen molar-refractivity contribution in [1.82, 2.24) is 14.7 Å². The molecule has 0 N–H and O–H groups in total. The first kappa shape index (κ1) is 29.3. The number of nitrogens with zero attached hydrogens (tertiary/aromatic N) is 3. The third-order valence-electron chi connectivity index (χ3n) is 9.08. The van der Waals surface area contributed by atoms with Gasteiger partial charge in [-0.1, -0.05) is 36.8 Å². The van der Waals surface area contributed by atoms with Crippen LogP contribution in [-0.2, 0) is 24.5 Å². The van der Waals surface area contributed by atoms with E-state index in [1.54, 1.807) is 7.11 Å². The van der Waals surface area contributed by atoms with Gasteiger partial charge in [-0.2, -0.15) is 0 Å². The van der Waals surface area contributed by atoms with E-state index in [0.29, 0.717) is 58.7 Å². The summed E-state index contributed by atoms with van der Waals surface area (Å²) in [5.74, 6) is 0.664. The molecule has 0 atom stereocenters. The number of amides is 2. The molecule has 1 aromatic rings.